The summed E-state index contributed by atoms with van der Waals surface area (Å²) in [4.78, 5) is 0. The summed E-state index contributed by atoms with van der Waals surface area (Å²) in [7, 11) is 0. The summed E-state index contributed by atoms with van der Waals surface area (Å²) >= 11 is 0. The topological polar surface area (TPSA) is 442 Å². The molecule has 27 nitrogen and oxygen atoms in total. The molecular weight excluding hydrogens is 838 g/mol. The summed E-state index contributed by atoms with van der Waals surface area (Å²) in [5.74, 6) is 0. The number of rotatable bonds is 17. The lowest BCUT2D eigenvalue weighted by Crippen LogP contribution is -2.67. The average Bonchev–Trinajstić information content (AvgIpc) is 3.36. The average molecular weight is 900 g/mol. The Morgan fingerprint density at radius 2 is 0.721 bits per heavy atom. The van der Waals surface area contributed by atoms with E-state index >= 15 is 0 Å². The molecule has 18 N–H and O–H groups in total. The van der Waals surface area contributed by atoms with Crippen molar-refractivity contribution in [2.75, 3.05) is 46.2 Å². The molecule has 25 atom stereocenters. The molecule has 0 aromatic carbocycles. The highest BCUT2D eigenvalue weighted by molar-refractivity contribution is 4.98. The maximum atomic E-state index is 11.2. The van der Waals surface area contributed by atoms with Gasteiger partial charge < -0.3 is 135 Å². The van der Waals surface area contributed by atoms with Crippen molar-refractivity contribution in [2.45, 2.75) is 166 Å². The number of aliphatic hydroxyl groups excluding tert-OH is 16. The fourth-order valence-corrected chi connectivity index (χ4v) is 7.64. The first-order chi connectivity index (χ1) is 29.0. The Balaban J connectivity index is 1.23. The van der Waals surface area contributed by atoms with E-state index in [0.29, 0.717) is 6.42 Å². The van der Waals surface area contributed by atoms with Gasteiger partial charge in [0.1, 0.15) is 116 Å². The molecule has 15 unspecified atom stereocenters. The maximum Gasteiger partial charge on any atom is 0.187 e. The second-order valence-corrected chi connectivity index (χ2v) is 15.3. The van der Waals surface area contributed by atoms with Gasteiger partial charge in [0.15, 0.2) is 31.5 Å². The fourth-order valence-electron chi connectivity index (χ4n) is 7.64. The van der Waals surface area contributed by atoms with Crippen LogP contribution in [0.5, 0.6) is 0 Å². The summed E-state index contributed by atoms with van der Waals surface area (Å²) in [6, 6.07) is 0. The van der Waals surface area contributed by atoms with Gasteiger partial charge in [-0.3, -0.25) is 0 Å². The molecule has 0 aromatic heterocycles. The molecular formula is C34H61NO26. The van der Waals surface area contributed by atoms with Crippen molar-refractivity contribution >= 4 is 0 Å². The van der Waals surface area contributed by atoms with Gasteiger partial charge in [0.2, 0.25) is 0 Å². The zero-order valence-electron chi connectivity index (χ0n) is 32.6. The maximum absolute atomic E-state index is 11.2. The van der Waals surface area contributed by atoms with E-state index in [1.54, 1.807) is 0 Å². The van der Waals surface area contributed by atoms with Crippen molar-refractivity contribution in [1.82, 2.24) is 0 Å². The van der Waals surface area contributed by atoms with Crippen molar-refractivity contribution in [3.63, 3.8) is 0 Å². The summed E-state index contributed by atoms with van der Waals surface area (Å²) in [5, 5.41) is 168. The number of hydrogen-bond acceptors (Lipinski definition) is 27. The van der Waals surface area contributed by atoms with Crippen molar-refractivity contribution in [3.05, 3.63) is 0 Å². The lowest BCUT2D eigenvalue weighted by atomic mass is 9.96. The highest BCUT2D eigenvalue weighted by Crippen LogP contribution is 2.35. The molecule has 5 aliphatic rings. The van der Waals surface area contributed by atoms with Gasteiger partial charge in [-0.15, -0.1) is 0 Å². The molecule has 5 aliphatic heterocycles. The molecule has 61 heavy (non-hydrogen) atoms. The van der Waals surface area contributed by atoms with Gasteiger partial charge in [-0.25, -0.2) is 0 Å². The van der Waals surface area contributed by atoms with Crippen LogP contribution in [0.25, 0.3) is 0 Å². The molecule has 5 rings (SSSR count). The first-order valence-corrected chi connectivity index (χ1v) is 19.8. The van der Waals surface area contributed by atoms with Gasteiger partial charge in [-0.1, -0.05) is 0 Å². The van der Waals surface area contributed by atoms with Crippen molar-refractivity contribution in [2.24, 2.45) is 5.73 Å². The highest BCUT2D eigenvalue weighted by atomic mass is 16.8. The Labute approximate surface area is 347 Å². The van der Waals surface area contributed by atoms with Gasteiger partial charge in [0, 0.05) is 6.42 Å². The lowest BCUT2D eigenvalue weighted by molar-refractivity contribution is -0.383. The number of ether oxygens (including phenoxy) is 10. The van der Waals surface area contributed by atoms with E-state index in [1.807, 2.05) is 0 Å². The minimum atomic E-state index is -2.09. The van der Waals surface area contributed by atoms with Gasteiger partial charge in [0.05, 0.1) is 45.7 Å². The zero-order valence-corrected chi connectivity index (χ0v) is 32.6. The van der Waals surface area contributed by atoms with Crippen LogP contribution in [0.3, 0.4) is 0 Å². The molecule has 0 aliphatic carbocycles. The van der Waals surface area contributed by atoms with Crippen LogP contribution in [0.4, 0.5) is 0 Å². The van der Waals surface area contributed by atoms with E-state index in [0.717, 1.165) is 0 Å². The van der Waals surface area contributed by atoms with Gasteiger partial charge in [-0.2, -0.15) is 0 Å². The highest BCUT2D eigenvalue weighted by Gasteiger charge is 2.55. The van der Waals surface area contributed by atoms with Crippen molar-refractivity contribution < 1.29 is 129 Å². The minimum absolute atomic E-state index is 0.0582. The lowest BCUT2D eigenvalue weighted by Gasteiger charge is -2.48. The summed E-state index contributed by atoms with van der Waals surface area (Å²) in [5.41, 5.74) is 5.45. The van der Waals surface area contributed by atoms with Gasteiger partial charge in [-0.05, 0) is 13.0 Å². The van der Waals surface area contributed by atoms with Crippen LogP contribution < -0.4 is 5.73 Å². The van der Waals surface area contributed by atoms with E-state index in [1.165, 1.54) is 0 Å². The van der Waals surface area contributed by atoms with Crippen molar-refractivity contribution in [1.29, 1.82) is 0 Å². The molecule has 0 radical (unpaired) electrons. The SMILES string of the molecule is NCCCO[C@@H]1OC(CO)[C@@H](O[C@@H]2OC(CO)[C@@H](O[C@H]3OC(CO)[C@H](O[C@H]4OC(CO)[C@@H](O[C@@H]5OC(CO)[C@@H](O)C(O)C5O)C(O)C4O)C(O)C3O)C(O)CC2O)C(O)C1O. The standard InChI is InChI=1S/C34H61NO26/c35-2-1-3-52-31-23(49)19(45)27(14(7-38)55-31)59-30-11(42)4-10(41)26(13(6-37)54-30)58-33-24(50)20(46)29(15(8-39)56-33)61-34-25(51)21(47)28(16(9-40)57-34)60-32-22(48)18(44)17(43)12(5-36)53-32/h10-34,36-51H,1-9,35H2/t10?,11?,12?,13?,14?,15?,16?,17-,18?,19?,20?,21?,22?,23?,24?,25?,26+,27-,28-,29+,30+,31-,32+,33-,34-/m1/s1. The van der Waals surface area contributed by atoms with E-state index in [-0.39, 0.29) is 13.2 Å². The quantitative estimate of drug-likeness (QED) is 0.0603. The molecule has 0 bridgehead atoms. The Kier molecular flexibility index (Phi) is 19.1. The Morgan fingerprint density at radius 1 is 0.377 bits per heavy atom. The Hall–Kier alpha value is -1.08. The molecule has 0 saturated carbocycles. The largest absolute Gasteiger partial charge is 0.394 e. The predicted molar refractivity (Wildman–Crippen MR) is 189 cm³/mol. The first kappa shape index (κ1) is 50.9. The van der Waals surface area contributed by atoms with Crippen LogP contribution in [-0.4, -0.2) is 281 Å². The normalized spacial score (nSPS) is 50.0. The molecule has 27 heteroatoms. The van der Waals surface area contributed by atoms with Crippen LogP contribution in [0.1, 0.15) is 12.8 Å². The van der Waals surface area contributed by atoms with Crippen LogP contribution in [0.2, 0.25) is 0 Å². The summed E-state index contributed by atoms with van der Waals surface area (Å²) in [6.07, 6.45) is -43.9. The number of nitrogens with two attached hydrogens (primary N) is 1. The minimum Gasteiger partial charge on any atom is -0.394 e. The Morgan fingerprint density at radius 3 is 1.16 bits per heavy atom. The summed E-state index contributed by atoms with van der Waals surface area (Å²) in [6.45, 7) is -4.07. The predicted octanol–water partition coefficient (Wildman–Crippen LogP) is -11.2. The van der Waals surface area contributed by atoms with E-state index in [2.05, 4.69) is 0 Å². The van der Waals surface area contributed by atoms with Crippen LogP contribution in [0, 0.1) is 0 Å². The third-order valence-corrected chi connectivity index (χ3v) is 11.1. The van der Waals surface area contributed by atoms with E-state index in [9.17, 15) is 81.7 Å². The Bertz CT molecular complexity index is 1290. The van der Waals surface area contributed by atoms with Gasteiger partial charge >= 0.3 is 0 Å². The number of aliphatic hydroxyl groups is 16. The molecule has 5 fully saturated rings. The third-order valence-electron chi connectivity index (χ3n) is 11.1. The molecule has 358 valence electrons. The summed E-state index contributed by atoms with van der Waals surface area (Å²) < 4.78 is 55.9. The van der Waals surface area contributed by atoms with Crippen LogP contribution >= 0.6 is 0 Å². The second kappa shape index (κ2) is 22.9. The smallest absolute Gasteiger partial charge is 0.187 e. The van der Waals surface area contributed by atoms with E-state index in [4.69, 9.17) is 53.1 Å². The zero-order chi connectivity index (χ0) is 44.9. The molecule has 5 heterocycles. The molecule has 0 aromatic rings. The van der Waals surface area contributed by atoms with Crippen molar-refractivity contribution in [3.8, 4) is 0 Å². The number of hydrogen-bond donors (Lipinski definition) is 17. The second-order valence-electron chi connectivity index (χ2n) is 15.3. The monoisotopic (exact) mass is 899 g/mol. The van der Waals surface area contributed by atoms with Crippen LogP contribution in [-0.2, 0) is 47.4 Å². The molecule has 0 amide bonds. The first-order valence-electron chi connectivity index (χ1n) is 19.8. The molecule has 5 saturated heterocycles. The molecule has 0 spiro atoms. The third kappa shape index (κ3) is 11.3. The van der Waals surface area contributed by atoms with E-state index < -0.39 is 193 Å². The fraction of sp³-hybridized carbons (Fsp3) is 1.00. The van der Waals surface area contributed by atoms with Crippen LogP contribution in [0.15, 0.2) is 0 Å². The van der Waals surface area contributed by atoms with Gasteiger partial charge in [0.25, 0.3) is 0 Å².